The highest BCUT2D eigenvalue weighted by molar-refractivity contribution is 9.30. The third kappa shape index (κ3) is 15.6. The molecule has 12 heteroatoms. The summed E-state index contributed by atoms with van der Waals surface area (Å²) in [5.41, 5.74) is 0. The number of carbonyl (C=O) groups is 2. The average Bonchev–Trinajstić information content (AvgIpc) is 2.33. The Labute approximate surface area is 151 Å². The van der Waals surface area contributed by atoms with Gasteiger partial charge in [0.25, 0.3) is 0 Å². The highest BCUT2D eigenvalue weighted by Gasteiger charge is 2.06. The molecule has 0 aliphatic carbocycles. The lowest BCUT2D eigenvalue weighted by Crippen LogP contribution is -1.96. The molecule has 0 fully saturated rings. The smallest absolute Gasteiger partial charge is 0.304 e. The molecule has 0 aromatic carbocycles. The van der Waals surface area contributed by atoms with E-state index < -0.39 is 11.9 Å². The molecule has 20 heavy (non-hydrogen) atoms. The zero-order valence-corrected chi connectivity index (χ0v) is 16.3. The first-order valence-corrected chi connectivity index (χ1v) is 12.5. The highest BCUT2D eigenvalue weighted by atomic mass is 33.7. The van der Waals surface area contributed by atoms with Gasteiger partial charge in [0.2, 0.25) is 0 Å². The number of carboxylic acid groups (broad SMARTS) is 2. The number of hydrogen-bond acceptors (Lipinski definition) is 10. The third-order valence-electron chi connectivity index (χ3n) is 1.30. The minimum atomic E-state index is -0.827. The van der Waals surface area contributed by atoms with E-state index in [2.05, 4.69) is 0 Å². The molecule has 0 aliphatic heterocycles. The van der Waals surface area contributed by atoms with Crippen LogP contribution in [0.1, 0.15) is 12.8 Å². The molecule has 0 atom stereocenters. The maximum atomic E-state index is 10.3. The largest absolute Gasteiger partial charge is 0.481 e. The van der Waals surface area contributed by atoms with Crippen molar-refractivity contribution in [3.05, 3.63) is 0 Å². The Bertz CT molecular complexity index is 326. The van der Waals surface area contributed by atoms with Gasteiger partial charge in [-0.3, -0.25) is 9.59 Å². The van der Waals surface area contributed by atoms with Gasteiger partial charge in [0.1, 0.15) is 7.06 Å². The topological polar surface area (TPSA) is 74.6 Å². The van der Waals surface area contributed by atoms with E-state index in [0.717, 1.165) is 0 Å². The van der Waals surface area contributed by atoms with Crippen molar-refractivity contribution in [2.45, 2.75) is 12.8 Å². The van der Waals surface area contributed by atoms with E-state index in [4.69, 9.17) is 34.6 Å². The lowest BCUT2D eigenvalue weighted by atomic mass is 10.5. The summed E-state index contributed by atoms with van der Waals surface area (Å²) in [6.07, 6.45) is 0.199. The fraction of sp³-hybridized carbons (Fsp3) is 0.500. The molecule has 0 saturated heterocycles. The van der Waals surface area contributed by atoms with Gasteiger partial charge in [-0.25, -0.2) is 0 Å². The predicted molar refractivity (Wildman–Crippen MR) is 105 cm³/mol. The molecule has 0 spiro atoms. The van der Waals surface area contributed by atoms with Crippen LogP contribution in [0.25, 0.3) is 0 Å². The predicted octanol–water partition coefficient (Wildman–Crippen LogP) is 4.65. The Morgan fingerprint density at radius 3 is 1.45 bits per heavy atom. The number of rotatable bonds is 9. The summed E-state index contributed by atoms with van der Waals surface area (Å²) in [6, 6.07) is 0. The highest BCUT2D eigenvalue weighted by Crippen LogP contribution is 2.47. The second kappa shape index (κ2) is 13.9. The van der Waals surface area contributed by atoms with Crippen LogP contribution in [0.2, 0.25) is 0 Å². The van der Waals surface area contributed by atoms with Gasteiger partial charge >= 0.3 is 11.9 Å². The average molecular weight is 427 g/mol. The van der Waals surface area contributed by atoms with Crippen LogP contribution in [0.15, 0.2) is 0 Å². The summed E-state index contributed by atoms with van der Waals surface area (Å²) in [6.45, 7) is 0. The molecule has 0 radical (unpaired) electrons. The number of carboxylic acids is 2. The summed E-state index contributed by atoms with van der Waals surface area (Å²) in [5.74, 6) is -0.704. The molecular formula is C8H10O4S8. The molecule has 0 rings (SSSR count). The zero-order chi connectivity index (χ0) is 15.4. The zero-order valence-electron chi connectivity index (χ0n) is 9.81. The Kier molecular flexibility index (Phi) is 14.7. The van der Waals surface area contributed by atoms with Crippen molar-refractivity contribution in [3.63, 3.8) is 0 Å². The van der Waals surface area contributed by atoms with Gasteiger partial charge in [-0.15, -0.1) is 23.5 Å². The van der Waals surface area contributed by atoms with Crippen molar-refractivity contribution >= 4 is 108 Å². The first-order valence-electron chi connectivity index (χ1n) is 4.86. The van der Waals surface area contributed by atoms with Gasteiger partial charge < -0.3 is 10.2 Å². The number of thioether (sulfide) groups is 2. The molecule has 0 aliphatic rings. The monoisotopic (exact) mass is 426 g/mol. The van der Waals surface area contributed by atoms with Crippen LogP contribution in [-0.4, -0.2) is 40.7 Å². The SMILES string of the molecule is O=C(O)CCSC(=S)SSSSC(=S)SCCC(=O)O. The van der Waals surface area contributed by atoms with Gasteiger partial charge in [-0.05, 0) is 41.2 Å². The summed E-state index contributed by atoms with van der Waals surface area (Å²) in [7, 11) is 5.71. The van der Waals surface area contributed by atoms with E-state index in [1.807, 2.05) is 0 Å². The molecule has 2 N–H and O–H groups in total. The van der Waals surface area contributed by atoms with E-state index in [1.165, 1.54) is 64.8 Å². The van der Waals surface area contributed by atoms with Gasteiger partial charge in [0, 0.05) is 11.5 Å². The van der Waals surface area contributed by atoms with Crippen LogP contribution < -0.4 is 0 Å². The third-order valence-corrected chi connectivity index (χ3v) is 11.5. The summed E-state index contributed by atoms with van der Waals surface area (Å²) in [5, 5.41) is 17.0. The Morgan fingerprint density at radius 1 is 0.800 bits per heavy atom. The number of thiocarbonyl (C=S) groups is 2. The van der Waals surface area contributed by atoms with Gasteiger partial charge in [0.05, 0.1) is 12.8 Å². The second-order valence-corrected chi connectivity index (χ2v) is 13.1. The normalized spacial score (nSPS) is 10.2. The van der Waals surface area contributed by atoms with Crippen LogP contribution in [0.5, 0.6) is 0 Å². The second-order valence-electron chi connectivity index (χ2n) is 2.79. The van der Waals surface area contributed by atoms with Gasteiger partial charge in [0.15, 0.2) is 0 Å². The standard InChI is InChI=1S/C8H10O4S8/c9-5(10)1-3-15-7(13)17-19-20-18-8(14)16-4-2-6(11)12/h1-4H2,(H,9,10)(H,11,12). The first-order chi connectivity index (χ1) is 9.41. The van der Waals surface area contributed by atoms with Crippen molar-refractivity contribution in [3.8, 4) is 0 Å². The molecule has 0 unspecified atom stereocenters. The summed E-state index contributed by atoms with van der Waals surface area (Å²) < 4.78 is 1.38. The fourth-order valence-corrected chi connectivity index (χ4v) is 10.4. The van der Waals surface area contributed by atoms with E-state index in [1.54, 1.807) is 0 Å². The summed E-state index contributed by atoms with van der Waals surface area (Å²) in [4.78, 5) is 20.6. The fourth-order valence-electron chi connectivity index (χ4n) is 0.575. The molecule has 0 saturated carbocycles. The van der Waals surface area contributed by atoms with Crippen LogP contribution in [0, 0.1) is 0 Å². The Balaban J connectivity index is 3.46. The lowest BCUT2D eigenvalue weighted by Gasteiger charge is -2.02. The molecule has 0 aromatic heterocycles. The minimum Gasteiger partial charge on any atom is -0.481 e. The Hall–Kier alpha value is 1.22. The first kappa shape index (κ1) is 21.2. The number of hydrogen-bond donors (Lipinski definition) is 2. The molecule has 114 valence electrons. The number of aliphatic carboxylic acids is 2. The van der Waals surface area contributed by atoms with Crippen molar-refractivity contribution in [2.24, 2.45) is 0 Å². The molecule has 0 amide bonds. The van der Waals surface area contributed by atoms with Crippen molar-refractivity contribution in [1.82, 2.24) is 0 Å². The Morgan fingerprint density at radius 2 is 1.15 bits per heavy atom. The van der Waals surface area contributed by atoms with Crippen molar-refractivity contribution in [2.75, 3.05) is 11.5 Å². The van der Waals surface area contributed by atoms with Gasteiger partial charge in [-0.1, -0.05) is 24.4 Å². The summed E-state index contributed by atoms with van der Waals surface area (Å²) >= 11 is 12.8. The maximum absolute atomic E-state index is 10.3. The van der Waals surface area contributed by atoms with E-state index in [0.29, 0.717) is 18.6 Å². The van der Waals surface area contributed by atoms with Crippen molar-refractivity contribution in [1.29, 1.82) is 0 Å². The van der Waals surface area contributed by atoms with Crippen LogP contribution in [-0.2, 0) is 9.59 Å². The molecule has 0 aromatic rings. The lowest BCUT2D eigenvalue weighted by molar-refractivity contribution is -0.137. The van der Waals surface area contributed by atoms with E-state index in [9.17, 15) is 9.59 Å². The maximum Gasteiger partial charge on any atom is 0.304 e. The minimum absolute atomic E-state index is 0.0994. The van der Waals surface area contributed by atoms with Crippen LogP contribution in [0.4, 0.5) is 0 Å². The van der Waals surface area contributed by atoms with E-state index in [-0.39, 0.29) is 12.8 Å². The van der Waals surface area contributed by atoms with Gasteiger partial charge in [-0.2, -0.15) is 0 Å². The van der Waals surface area contributed by atoms with Crippen LogP contribution >= 0.6 is 89.2 Å². The molecule has 0 bridgehead atoms. The molecule has 0 heterocycles. The molecule has 4 nitrogen and oxygen atoms in total. The van der Waals surface area contributed by atoms with Crippen LogP contribution in [0.3, 0.4) is 0 Å². The van der Waals surface area contributed by atoms with E-state index >= 15 is 0 Å². The van der Waals surface area contributed by atoms with Crippen molar-refractivity contribution < 1.29 is 19.8 Å². The quantitative estimate of drug-likeness (QED) is 0.306. The molecular weight excluding hydrogens is 417 g/mol.